The number of halogens is 1. The second kappa shape index (κ2) is 7.47. The number of benzene rings is 1. The van der Waals surface area contributed by atoms with Crippen molar-refractivity contribution in [3.63, 3.8) is 0 Å². The molecule has 0 aliphatic carbocycles. The van der Waals surface area contributed by atoms with E-state index in [0.717, 1.165) is 23.7 Å². The van der Waals surface area contributed by atoms with E-state index in [2.05, 4.69) is 10.4 Å². The third kappa shape index (κ3) is 3.69. The van der Waals surface area contributed by atoms with Crippen LogP contribution in [0.3, 0.4) is 0 Å². The molecule has 0 aliphatic rings. The highest BCUT2D eigenvalue weighted by Crippen LogP contribution is 2.24. The lowest BCUT2D eigenvalue weighted by molar-refractivity contribution is 0.416. The first-order valence-electron chi connectivity index (χ1n) is 6.92. The molecule has 1 aromatic carbocycles. The van der Waals surface area contributed by atoms with Crippen LogP contribution >= 0.6 is 23.8 Å². The molecule has 0 radical (unpaired) electrons. The summed E-state index contributed by atoms with van der Waals surface area (Å²) in [5, 5.41) is 8.66. The van der Waals surface area contributed by atoms with Crippen molar-refractivity contribution in [3.05, 3.63) is 41.2 Å². The predicted molar refractivity (Wildman–Crippen MR) is 93.6 cm³/mol. The zero-order chi connectivity index (χ0) is 16.1. The average molecular weight is 339 g/mol. The summed E-state index contributed by atoms with van der Waals surface area (Å²) in [5.74, 6) is 0.745. The summed E-state index contributed by atoms with van der Waals surface area (Å²) < 4.78 is 7.18. The SMILES string of the molecule is CCn1ncc(Cl)c1CN(C)C(=S)Nc1ccccc1OC. The summed E-state index contributed by atoms with van der Waals surface area (Å²) in [6.07, 6.45) is 1.66. The number of hydrogen-bond donors (Lipinski definition) is 1. The molecule has 1 heterocycles. The van der Waals surface area contributed by atoms with Crippen LogP contribution in [0.5, 0.6) is 5.75 Å². The zero-order valence-electron chi connectivity index (χ0n) is 12.8. The first-order chi connectivity index (χ1) is 10.6. The normalized spacial score (nSPS) is 10.4. The lowest BCUT2D eigenvalue weighted by Gasteiger charge is -2.22. The van der Waals surface area contributed by atoms with E-state index in [0.29, 0.717) is 16.7 Å². The van der Waals surface area contributed by atoms with Gasteiger partial charge in [-0.2, -0.15) is 5.10 Å². The molecule has 2 rings (SSSR count). The van der Waals surface area contributed by atoms with E-state index in [1.165, 1.54) is 0 Å². The Morgan fingerprint density at radius 3 is 2.86 bits per heavy atom. The Hall–Kier alpha value is -1.79. The number of methoxy groups -OCH3 is 1. The van der Waals surface area contributed by atoms with E-state index < -0.39 is 0 Å². The lowest BCUT2D eigenvalue weighted by atomic mass is 10.3. The van der Waals surface area contributed by atoms with Gasteiger partial charge in [-0.3, -0.25) is 4.68 Å². The molecule has 0 saturated carbocycles. The first kappa shape index (κ1) is 16.6. The van der Waals surface area contributed by atoms with Crippen LogP contribution in [0.15, 0.2) is 30.5 Å². The van der Waals surface area contributed by atoms with Gasteiger partial charge in [0.15, 0.2) is 5.11 Å². The van der Waals surface area contributed by atoms with Gasteiger partial charge in [0.1, 0.15) is 5.75 Å². The van der Waals surface area contributed by atoms with Crippen molar-refractivity contribution >= 4 is 34.6 Å². The molecule has 5 nitrogen and oxygen atoms in total. The second-order valence-electron chi connectivity index (χ2n) is 4.74. The Balaban J connectivity index is 2.08. The Morgan fingerprint density at radius 2 is 2.18 bits per heavy atom. The molecule has 0 amide bonds. The summed E-state index contributed by atoms with van der Waals surface area (Å²) in [7, 11) is 3.54. The van der Waals surface area contributed by atoms with Crippen LogP contribution in [0.1, 0.15) is 12.6 Å². The number of aromatic nitrogens is 2. The topological polar surface area (TPSA) is 42.3 Å². The molecule has 0 aliphatic heterocycles. The minimum Gasteiger partial charge on any atom is -0.495 e. The van der Waals surface area contributed by atoms with Crippen molar-refractivity contribution in [2.75, 3.05) is 19.5 Å². The molecular weight excluding hydrogens is 320 g/mol. The van der Waals surface area contributed by atoms with E-state index in [1.54, 1.807) is 13.3 Å². The van der Waals surface area contributed by atoms with Crippen LogP contribution < -0.4 is 10.1 Å². The highest BCUT2D eigenvalue weighted by atomic mass is 35.5. The van der Waals surface area contributed by atoms with Gasteiger partial charge in [-0.15, -0.1) is 0 Å². The largest absolute Gasteiger partial charge is 0.495 e. The standard InChI is InChI=1S/C15H19ClN4OS/c1-4-20-13(11(16)9-17-20)10-19(2)15(22)18-12-7-5-6-8-14(12)21-3/h5-9H,4,10H2,1-3H3,(H,18,22). The molecule has 118 valence electrons. The van der Waals surface area contributed by atoms with Gasteiger partial charge in [0.25, 0.3) is 0 Å². The van der Waals surface area contributed by atoms with Gasteiger partial charge in [-0.1, -0.05) is 23.7 Å². The van der Waals surface area contributed by atoms with Gasteiger partial charge >= 0.3 is 0 Å². The van der Waals surface area contributed by atoms with Crippen molar-refractivity contribution in [3.8, 4) is 5.75 Å². The van der Waals surface area contributed by atoms with E-state index in [4.69, 9.17) is 28.6 Å². The number of aryl methyl sites for hydroxylation is 1. The van der Waals surface area contributed by atoms with Gasteiger partial charge in [-0.25, -0.2) is 0 Å². The molecule has 0 fully saturated rings. The Morgan fingerprint density at radius 1 is 1.45 bits per heavy atom. The number of nitrogens with zero attached hydrogens (tertiary/aromatic N) is 3. The molecule has 0 atom stereocenters. The quantitative estimate of drug-likeness (QED) is 0.846. The fourth-order valence-corrected chi connectivity index (χ4v) is 2.45. The van der Waals surface area contributed by atoms with Gasteiger partial charge < -0.3 is 15.0 Å². The molecular formula is C15H19ClN4OS. The predicted octanol–water partition coefficient (Wildman–Crippen LogP) is 3.39. The number of hydrogen-bond acceptors (Lipinski definition) is 3. The highest BCUT2D eigenvalue weighted by Gasteiger charge is 2.13. The fourth-order valence-electron chi connectivity index (χ4n) is 2.07. The molecule has 2 aromatic rings. The summed E-state index contributed by atoms with van der Waals surface area (Å²) in [6.45, 7) is 3.37. The van der Waals surface area contributed by atoms with Crippen molar-refractivity contribution in [1.29, 1.82) is 0 Å². The van der Waals surface area contributed by atoms with Crippen LogP contribution in [-0.4, -0.2) is 34.0 Å². The zero-order valence-corrected chi connectivity index (χ0v) is 14.4. The molecule has 0 unspecified atom stereocenters. The molecule has 22 heavy (non-hydrogen) atoms. The Labute approximate surface area is 140 Å². The molecule has 1 N–H and O–H groups in total. The lowest BCUT2D eigenvalue weighted by Crippen LogP contribution is -2.31. The average Bonchev–Trinajstić information content (AvgIpc) is 2.88. The number of para-hydroxylation sites is 2. The van der Waals surface area contributed by atoms with Crippen LogP contribution in [0.4, 0.5) is 5.69 Å². The maximum absolute atomic E-state index is 6.19. The van der Waals surface area contributed by atoms with Crippen molar-refractivity contribution < 1.29 is 4.74 Å². The van der Waals surface area contributed by atoms with Crippen molar-refractivity contribution in [2.24, 2.45) is 0 Å². The Kier molecular flexibility index (Phi) is 5.63. The minimum atomic E-state index is 0.577. The number of ether oxygens (including phenoxy) is 1. The fraction of sp³-hybridized carbons (Fsp3) is 0.333. The third-order valence-electron chi connectivity index (χ3n) is 3.28. The third-order valence-corrected chi connectivity index (χ3v) is 4.01. The first-order valence-corrected chi connectivity index (χ1v) is 7.70. The minimum absolute atomic E-state index is 0.577. The maximum atomic E-state index is 6.19. The van der Waals surface area contributed by atoms with Crippen LogP contribution in [-0.2, 0) is 13.1 Å². The number of nitrogens with one attached hydrogen (secondary N) is 1. The number of thiocarbonyl (C=S) groups is 1. The molecule has 1 aromatic heterocycles. The maximum Gasteiger partial charge on any atom is 0.173 e. The summed E-state index contributed by atoms with van der Waals surface area (Å²) in [5.41, 5.74) is 1.77. The van der Waals surface area contributed by atoms with E-state index >= 15 is 0 Å². The monoisotopic (exact) mass is 338 g/mol. The number of rotatable bonds is 5. The van der Waals surface area contributed by atoms with Gasteiger partial charge in [0.05, 0.1) is 36.3 Å². The smallest absolute Gasteiger partial charge is 0.173 e. The van der Waals surface area contributed by atoms with Crippen molar-refractivity contribution in [1.82, 2.24) is 14.7 Å². The second-order valence-corrected chi connectivity index (χ2v) is 5.54. The van der Waals surface area contributed by atoms with E-state index in [9.17, 15) is 0 Å². The number of anilines is 1. The summed E-state index contributed by atoms with van der Waals surface area (Å²) in [4.78, 5) is 1.91. The van der Waals surface area contributed by atoms with Gasteiger partial charge in [0, 0.05) is 13.6 Å². The van der Waals surface area contributed by atoms with E-state index in [1.807, 2.05) is 47.8 Å². The molecule has 0 saturated heterocycles. The summed E-state index contributed by atoms with van der Waals surface area (Å²) >= 11 is 11.6. The van der Waals surface area contributed by atoms with Gasteiger partial charge in [-0.05, 0) is 31.3 Å². The molecule has 0 spiro atoms. The highest BCUT2D eigenvalue weighted by molar-refractivity contribution is 7.80. The summed E-state index contributed by atoms with van der Waals surface area (Å²) in [6, 6.07) is 7.64. The molecule has 0 bridgehead atoms. The van der Waals surface area contributed by atoms with Crippen LogP contribution in [0.25, 0.3) is 0 Å². The molecule has 7 heteroatoms. The van der Waals surface area contributed by atoms with Crippen LogP contribution in [0, 0.1) is 0 Å². The Bertz CT molecular complexity index is 659. The van der Waals surface area contributed by atoms with Crippen molar-refractivity contribution in [2.45, 2.75) is 20.0 Å². The van der Waals surface area contributed by atoms with Crippen LogP contribution in [0.2, 0.25) is 5.02 Å². The van der Waals surface area contributed by atoms with Gasteiger partial charge in [0.2, 0.25) is 0 Å². The van der Waals surface area contributed by atoms with E-state index in [-0.39, 0.29) is 0 Å².